The molecule has 0 aromatic heterocycles. The molecular formula is C36H45NO5S2. The van der Waals surface area contributed by atoms with Gasteiger partial charge in [-0.15, -0.1) is 0 Å². The molecule has 0 saturated carbocycles. The molecule has 0 fully saturated rings. The lowest BCUT2D eigenvalue weighted by molar-refractivity contribution is 0.130. The summed E-state index contributed by atoms with van der Waals surface area (Å²) in [5.74, 6) is 1.78. The van der Waals surface area contributed by atoms with Crippen LogP contribution in [0.3, 0.4) is 0 Å². The van der Waals surface area contributed by atoms with Crippen LogP contribution in [0.5, 0.6) is 11.5 Å². The summed E-state index contributed by atoms with van der Waals surface area (Å²) in [5.41, 5.74) is 1.78. The van der Waals surface area contributed by atoms with Crippen molar-refractivity contribution in [3.05, 3.63) is 103 Å². The summed E-state index contributed by atoms with van der Waals surface area (Å²) in [6, 6.07) is 31.8. The van der Waals surface area contributed by atoms with Crippen LogP contribution in [-0.4, -0.2) is 38.3 Å². The average Bonchev–Trinajstić information content (AvgIpc) is 2.94. The molecule has 0 radical (unpaired) electrons. The third-order valence-electron chi connectivity index (χ3n) is 6.18. The molecule has 0 unspecified atom stereocenters. The van der Waals surface area contributed by atoms with Crippen molar-refractivity contribution < 1.29 is 22.4 Å². The zero-order valence-corrected chi connectivity index (χ0v) is 28.9. The van der Waals surface area contributed by atoms with Gasteiger partial charge in [-0.05, 0) is 138 Å². The molecule has 0 bridgehead atoms. The van der Waals surface area contributed by atoms with Gasteiger partial charge in [-0.3, -0.25) is 0 Å². The molecule has 44 heavy (non-hydrogen) atoms. The van der Waals surface area contributed by atoms with Crippen molar-refractivity contribution in [3.63, 3.8) is 0 Å². The van der Waals surface area contributed by atoms with Gasteiger partial charge in [0.05, 0.1) is 15.8 Å². The van der Waals surface area contributed by atoms with Gasteiger partial charge in [-0.1, -0.05) is 19.1 Å². The molecule has 0 atom stereocenters. The second kappa shape index (κ2) is 14.5. The van der Waals surface area contributed by atoms with Gasteiger partial charge in [0.2, 0.25) is 0 Å². The van der Waals surface area contributed by atoms with Gasteiger partial charge >= 0.3 is 0 Å². The summed E-state index contributed by atoms with van der Waals surface area (Å²) in [6.45, 7) is 14.4. The molecule has 8 heteroatoms. The largest absolute Gasteiger partial charge is 0.744 e. The fourth-order valence-corrected chi connectivity index (χ4v) is 6.69. The Hall–Kier alpha value is -3.46. The molecule has 0 aliphatic rings. The van der Waals surface area contributed by atoms with E-state index in [0.29, 0.717) is 0 Å². The number of hydrogen-bond acceptors (Lipinski definition) is 6. The van der Waals surface area contributed by atoms with Gasteiger partial charge in [-0.2, -0.15) is 0 Å². The standard InChI is InChI=1S/C28H36NO2S.C8H10O3S/c1-27(2,3)30-22-11-17-25(18-12-22)32(24-15-9-21(10-16-24)29(7)8)26-19-13-23(14-20-26)31-28(4,5)6;1-2-7-3-5-8(6-4-7)12(9,10)11/h9-20H,1-8H3;3-6H,2H2,1H3,(H,9,10,11)/q+1;/p-1. The molecular weight excluding hydrogens is 591 g/mol. The molecule has 236 valence electrons. The van der Waals surface area contributed by atoms with Crippen LogP contribution in [0.4, 0.5) is 5.69 Å². The van der Waals surface area contributed by atoms with Gasteiger partial charge in [0, 0.05) is 19.8 Å². The first-order chi connectivity index (χ1) is 20.4. The molecule has 0 amide bonds. The Bertz CT molecular complexity index is 1510. The number of anilines is 1. The third-order valence-corrected chi connectivity index (χ3v) is 9.26. The molecule has 0 saturated heterocycles. The Kier molecular flexibility index (Phi) is 11.6. The Labute approximate surface area is 267 Å². The van der Waals surface area contributed by atoms with E-state index in [2.05, 4.69) is 133 Å². The summed E-state index contributed by atoms with van der Waals surface area (Å²) in [5, 5.41) is 0. The zero-order valence-electron chi connectivity index (χ0n) is 27.2. The van der Waals surface area contributed by atoms with Crippen LogP contribution in [0, 0.1) is 0 Å². The Morgan fingerprint density at radius 3 is 1.30 bits per heavy atom. The van der Waals surface area contributed by atoms with Crippen molar-refractivity contribution in [2.75, 3.05) is 19.0 Å². The fraction of sp³-hybridized carbons (Fsp3) is 0.333. The van der Waals surface area contributed by atoms with Crippen LogP contribution in [0.2, 0.25) is 0 Å². The second-order valence-corrected chi connectivity index (χ2v) is 15.9. The number of nitrogens with zero attached hydrogens (tertiary/aromatic N) is 1. The quantitative estimate of drug-likeness (QED) is 0.143. The van der Waals surface area contributed by atoms with Crippen LogP contribution < -0.4 is 14.4 Å². The highest BCUT2D eigenvalue weighted by Gasteiger charge is 2.29. The molecule has 0 aliphatic carbocycles. The van der Waals surface area contributed by atoms with E-state index in [1.165, 1.54) is 32.5 Å². The minimum Gasteiger partial charge on any atom is -0.744 e. The maximum absolute atomic E-state index is 10.5. The fourth-order valence-electron chi connectivity index (χ4n) is 4.18. The van der Waals surface area contributed by atoms with Crippen molar-refractivity contribution in [3.8, 4) is 11.5 Å². The van der Waals surface area contributed by atoms with Crippen molar-refractivity contribution in [1.82, 2.24) is 0 Å². The summed E-state index contributed by atoms with van der Waals surface area (Å²) < 4.78 is 43.5. The predicted molar refractivity (Wildman–Crippen MR) is 180 cm³/mol. The molecule has 4 aromatic carbocycles. The Morgan fingerprint density at radius 1 is 0.636 bits per heavy atom. The Morgan fingerprint density at radius 2 is 1.00 bits per heavy atom. The van der Waals surface area contributed by atoms with E-state index >= 15 is 0 Å². The van der Waals surface area contributed by atoms with E-state index in [0.717, 1.165) is 23.5 Å². The number of ether oxygens (including phenoxy) is 2. The van der Waals surface area contributed by atoms with Crippen LogP contribution in [0.15, 0.2) is 117 Å². The topological polar surface area (TPSA) is 78.9 Å². The maximum atomic E-state index is 10.5. The minimum atomic E-state index is -4.28. The van der Waals surface area contributed by atoms with Crippen LogP contribution in [0.25, 0.3) is 0 Å². The van der Waals surface area contributed by atoms with Gasteiger partial charge in [-0.25, -0.2) is 8.42 Å². The lowest BCUT2D eigenvalue weighted by atomic mass is 10.2. The lowest BCUT2D eigenvalue weighted by Crippen LogP contribution is -2.23. The van der Waals surface area contributed by atoms with E-state index in [4.69, 9.17) is 9.47 Å². The number of rotatable bonds is 8. The number of hydrogen-bond donors (Lipinski definition) is 0. The highest BCUT2D eigenvalue weighted by molar-refractivity contribution is 7.97. The lowest BCUT2D eigenvalue weighted by Gasteiger charge is -2.21. The van der Waals surface area contributed by atoms with E-state index in [1.54, 1.807) is 12.1 Å². The van der Waals surface area contributed by atoms with E-state index in [9.17, 15) is 13.0 Å². The summed E-state index contributed by atoms with van der Waals surface area (Å²) >= 11 is 0. The molecule has 4 rings (SSSR count). The summed E-state index contributed by atoms with van der Waals surface area (Å²) in [4.78, 5) is 5.75. The summed E-state index contributed by atoms with van der Waals surface area (Å²) in [6.07, 6.45) is 0.833. The number of aryl methyl sites for hydroxylation is 1. The monoisotopic (exact) mass is 635 g/mol. The first-order valence-corrected chi connectivity index (χ1v) is 17.2. The highest BCUT2D eigenvalue weighted by Crippen LogP contribution is 2.34. The predicted octanol–water partition coefficient (Wildman–Crippen LogP) is 8.36. The van der Waals surface area contributed by atoms with Crippen molar-refractivity contribution >= 4 is 26.7 Å². The SMILES string of the molecule is CCc1ccc(S(=O)(=O)[O-])cc1.CN(C)c1ccc([S+](c2ccc(OC(C)(C)C)cc2)c2ccc(OC(C)(C)C)cc2)cc1. The highest BCUT2D eigenvalue weighted by atomic mass is 32.2. The molecule has 4 aromatic rings. The van der Waals surface area contributed by atoms with E-state index in [1.807, 2.05) is 6.92 Å². The first kappa shape index (κ1) is 35.0. The van der Waals surface area contributed by atoms with Crippen LogP contribution >= 0.6 is 0 Å². The minimum absolute atomic E-state index is 0.167. The first-order valence-electron chi connectivity index (χ1n) is 14.6. The van der Waals surface area contributed by atoms with Crippen LogP contribution in [-0.2, 0) is 27.4 Å². The smallest absolute Gasteiger partial charge is 0.166 e. The van der Waals surface area contributed by atoms with Gasteiger partial charge < -0.3 is 18.9 Å². The van der Waals surface area contributed by atoms with E-state index < -0.39 is 10.1 Å². The van der Waals surface area contributed by atoms with Gasteiger partial charge in [0.25, 0.3) is 0 Å². The van der Waals surface area contributed by atoms with Crippen LogP contribution in [0.1, 0.15) is 54.0 Å². The zero-order chi connectivity index (χ0) is 32.7. The Balaban J connectivity index is 0.000000369. The van der Waals surface area contributed by atoms with E-state index in [-0.39, 0.29) is 27.0 Å². The van der Waals surface area contributed by atoms with Crippen molar-refractivity contribution in [2.45, 2.75) is 85.7 Å². The number of benzene rings is 4. The van der Waals surface area contributed by atoms with Crippen molar-refractivity contribution in [1.29, 1.82) is 0 Å². The summed E-state index contributed by atoms with van der Waals surface area (Å²) in [7, 11) is -0.374. The maximum Gasteiger partial charge on any atom is 0.166 e. The average molecular weight is 636 g/mol. The molecule has 0 heterocycles. The van der Waals surface area contributed by atoms with Gasteiger partial charge in [0.1, 0.15) is 32.8 Å². The molecule has 0 aliphatic heterocycles. The van der Waals surface area contributed by atoms with Crippen molar-refractivity contribution in [2.24, 2.45) is 0 Å². The molecule has 6 nitrogen and oxygen atoms in total. The third kappa shape index (κ3) is 10.9. The molecule has 0 N–H and O–H groups in total. The normalized spacial score (nSPS) is 11.9. The van der Waals surface area contributed by atoms with Gasteiger partial charge in [0.15, 0.2) is 14.7 Å². The molecule has 0 spiro atoms. The second-order valence-electron chi connectivity index (χ2n) is 12.5.